The van der Waals surface area contributed by atoms with Crippen molar-refractivity contribution in [3.63, 3.8) is 0 Å². The molecular weight excluding hydrogens is 388 g/mol. The van der Waals surface area contributed by atoms with Gasteiger partial charge in [-0.25, -0.2) is 4.79 Å². The summed E-state index contributed by atoms with van der Waals surface area (Å²) in [4.78, 5) is 37.0. The number of hydrogen-bond acceptors (Lipinski definition) is 5. The molecule has 0 saturated carbocycles. The molecule has 0 radical (unpaired) electrons. The minimum absolute atomic E-state index is 0.0174. The predicted molar refractivity (Wildman–Crippen MR) is 108 cm³/mol. The highest BCUT2D eigenvalue weighted by Crippen LogP contribution is 2.55. The van der Waals surface area contributed by atoms with Crippen molar-refractivity contribution in [2.45, 2.75) is 25.3 Å². The highest BCUT2D eigenvalue weighted by atomic mass is 16.6. The summed E-state index contributed by atoms with van der Waals surface area (Å²) in [5, 5.41) is 21.4. The molecule has 1 fully saturated rings. The second-order valence-electron chi connectivity index (χ2n) is 7.70. The summed E-state index contributed by atoms with van der Waals surface area (Å²) in [7, 11) is 1.54. The van der Waals surface area contributed by atoms with Crippen LogP contribution < -0.4 is 4.74 Å². The number of rotatable bonds is 6. The van der Waals surface area contributed by atoms with Gasteiger partial charge in [0.2, 0.25) is 5.91 Å². The second-order valence-corrected chi connectivity index (χ2v) is 7.70. The van der Waals surface area contributed by atoms with Gasteiger partial charge in [0.1, 0.15) is 11.4 Å². The SMILES string of the molecule is COc1ccc(C2=C(C(=O)O)N3C(=O)C[C@@]3(C)C2Cc2ccccc2[N+](=O)[O-])cc1. The van der Waals surface area contributed by atoms with Crippen LogP contribution in [0.3, 0.4) is 0 Å². The van der Waals surface area contributed by atoms with Crippen LogP contribution in [0, 0.1) is 16.0 Å². The number of nitro groups is 1. The number of amides is 1. The maximum absolute atomic E-state index is 12.4. The third kappa shape index (κ3) is 2.83. The molecule has 8 nitrogen and oxygen atoms in total. The van der Waals surface area contributed by atoms with Crippen molar-refractivity contribution < 1.29 is 24.4 Å². The summed E-state index contributed by atoms with van der Waals surface area (Å²) in [6.07, 6.45) is 0.435. The standard InChI is InChI=1S/C22H20N2O6/c1-22-12-18(25)23(22)20(21(26)27)19(13-7-9-15(30-2)10-8-13)16(22)11-14-5-3-4-6-17(14)24(28)29/h3-10,16H,11-12H2,1-2H3,(H,26,27)/t16?,22-/m0/s1. The number of ether oxygens (including phenoxy) is 1. The zero-order chi connectivity index (χ0) is 21.6. The van der Waals surface area contributed by atoms with Gasteiger partial charge < -0.3 is 9.84 Å². The molecule has 0 aliphatic carbocycles. The number of carboxylic acids is 1. The fourth-order valence-electron chi connectivity index (χ4n) is 4.64. The molecule has 1 N–H and O–H groups in total. The zero-order valence-electron chi connectivity index (χ0n) is 16.5. The number of β-lactam (4-membered cyclic amide) rings is 1. The molecule has 2 aliphatic rings. The summed E-state index contributed by atoms with van der Waals surface area (Å²) in [6, 6.07) is 13.4. The Kier molecular flexibility index (Phi) is 4.57. The van der Waals surface area contributed by atoms with E-state index in [1.54, 1.807) is 42.5 Å². The summed E-state index contributed by atoms with van der Waals surface area (Å²) in [5.41, 5.74) is 0.852. The quantitative estimate of drug-likeness (QED) is 0.446. The van der Waals surface area contributed by atoms with Crippen LogP contribution in [-0.4, -0.2) is 39.5 Å². The molecule has 30 heavy (non-hydrogen) atoms. The Hall–Kier alpha value is -3.68. The molecular formula is C22H20N2O6. The summed E-state index contributed by atoms with van der Waals surface area (Å²) < 4.78 is 5.19. The topological polar surface area (TPSA) is 110 Å². The number of fused-ring (bicyclic) bond motifs is 1. The molecule has 2 aromatic carbocycles. The predicted octanol–water partition coefficient (Wildman–Crippen LogP) is 3.26. The van der Waals surface area contributed by atoms with Crippen molar-refractivity contribution in [1.29, 1.82) is 0 Å². The number of nitro benzene ring substituents is 1. The van der Waals surface area contributed by atoms with Crippen LogP contribution in [0.5, 0.6) is 5.75 Å². The lowest BCUT2D eigenvalue weighted by Gasteiger charge is -2.48. The lowest BCUT2D eigenvalue weighted by Crippen LogP contribution is -2.62. The third-order valence-electron chi connectivity index (χ3n) is 6.06. The molecule has 0 bridgehead atoms. The van der Waals surface area contributed by atoms with Gasteiger partial charge in [-0.3, -0.25) is 19.8 Å². The maximum atomic E-state index is 12.4. The minimum Gasteiger partial charge on any atom is -0.497 e. The van der Waals surface area contributed by atoms with Crippen LogP contribution in [-0.2, 0) is 16.0 Å². The molecule has 1 saturated heterocycles. The molecule has 2 heterocycles. The number of benzene rings is 2. The highest BCUT2D eigenvalue weighted by Gasteiger charge is 2.61. The molecule has 0 aromatic heterocycles. The van der Waals surface area contributed by atoms with Crippen molar-refractivity contribution in [3.05, 3.63) is 75.5 Å². The Labute approximate surface area is 172 Å². The van der Waals surface area contributed by atoms with Crippen LogP contribution in [0.15, 0.2) is 54.2 Å². The first-order valence-electron chi connectivity index (χ1n) is 9.45. The average Bonchev–Trinajstić information content (AvgIpc) is 2.92. The molecule has 2 aromatic rings. The van der Waals surface area contributed by atoms with Gasteiger partial charge in [-0.15, -0.1) is 0 Å². The number of para-hydroxylation sites is 1. The third-order valence-corrected chi connectivity index (χ3v) is 6.06. The number of nitrogens with zero attached hydrogens (tertiary/aromatic N) is 2. The van der Waals surface area contributed by atoms with E-state index in [1.165, 1.54) is 18.1 Å². The molecule has 8 heteroatoms. The molecule has 4 rings (SSSR count). The van der Waals surface area contributed by atoms with Crippen LogP contribution in [0.4, 0.5) is 5.69 Å². The number of methoxy groups -OCH3 is 1. The van der Waals surface area contributed by atoms with Gasteiger partial charge in [-0.05, 0) is 36.6 Å². The largest absolute Gasteiger partial charge is 0.497 e. The minimum atomic E-state index is -1.19. The smallest absolute Gasteiger partial charge is 0.352 e. The van der Waals surface area contributed by atoms with E-state index in [-0.39, 0.29) is 30.1 Å². The van der Waals surface area contributed by atoms with Crippen molar-refractivity contribution in [2.75, 3.05) is 7.11 Å². The van der Waals surface area contributed by atoms with E-state index in [0.29, 0.717) is 22.4 Å². The van der Waals surface area contributed by atoms with E-state index in [2.05, 4.69) is 0 Å². The van der Waals surface area contributed by atoms with Gasteiger partial charge in [-0.2, -0.15) is 0 Å². The summed E-state index contributed by atoms with van der Waals surface area (Å²) in [6.45, 7) is 1.84. The van der Waals surface area contributed by atoms with E-state index in [0.717, 1.165) is 0 Å². The van der Waals surface area contributed by atoms with Crippen LogP contribution in [0.1, 0.15) is 24.5 Å². The number of carbonyl (C=O) groups excluding carboxylic acids is 1. The highest BCUT2D eigenvalue weighted by molar-refractivity contribution is 6.06. The first kappa shape index (κ1) is 19.6. The van der Waals surface area contributed by atoms with Crippen molar-refractivity contribution in [1.82, 2.24) is 4.90 Å². The number of hydrogen-bond donors (Lipinski definition) is 1. The summed E-state index contributed by atoms with van der Waals surface area (Å²) >= 11 is 0. The Balaban J connectivity index is 1.87. The van der Waals surface area contributed by atoms with E-state index in [1.807, 2.05) is 6.92 Å². The van der Waals surface area contributed by atoms with Crippen LogP contribution in [0.2, 0.25) is 0 Å². The molecule has 154 valence electrons. The molecule has 2 atom stereocenters. The Bertz CT molecular complexity index is 1090. The van der Waals surface area contributed by atoms with E-state index >= 15 is 0 Å². The lowest BCUT2D eigenvalue weighted by atomic mass is 9.71. The summed E-state index contributed by atoms with van der Waals surface area (Å²) in [5.74, 6) is -1.23. The van der Waals surface area contributed by atoms with Crippen molar-refractivity contribution in [3.8, 4) is 5.75 Å². The number of carboxylic acid groups (broad SMARTS) is 1. The normalized spacial score (nSPS) is 22.5. The average molecular weight is 408 g/mol. The zero-order valence-corrected chi connectivity index (χ0v) is 16.5. The Morgan fingerprint density at radius 2 is 1.93 bits per heavy atom. The molecule has 0 spiro atoms. The fraction of sp³-hybridized carbons (Fsp3) is 0.273. The van der Waals surface area contributed by atoms with E-state index < -0.39 is 22.3 Å². The Morgan fingerprint density at radius 3 is 2.50 bits per heavy atom. The van der Waals surface area contributed by atoms with Gasteiger partial charge in [-0.1, -0.05) is 30.3 Å². The molecule has 2 aliphatic heterocycles. The van der Waals surface area contributed by atoms with E-state index in [4.69, 9.17) is 4.74 Å². The van der Waals surface area contributed by atoms with Crippen LogP contribution in [0.25, 0.3) is 5.57 Å². The first-order chi connectivity index (χ1) is 14.3. The fourth-order valence-corrected chi connectivity index (χ4v) is 4.64. The Morgan fingerprint density at radius 1 is 1.27 bits per heavy atom. The second kappa shape index (κ2) is 6.98. The van der Waals surface area contributed by atoms with Gasteiger partial charge in [0.15, 0.2) is 0 Å². The van der Waals surface area contributed by atoms with Crippen molar-refractivity contribution in [2.24, 2.45) is 5.92 Å². The van der Waals surface area contributed by atoms with Crippen LogP contribution >= 0.6 is 0 Å². The monoisotopic (exact) mass is 408 g/mol. The lowest BCUT2D eigenvalue weighted by molar-refractivity contribution is -0.385. The van der Waals surface area contributed by atoms with Crippen molar-refractivity contribution >= 4 is 23.1 Å². The van der Waals surface area contributed by atoms with Gasteiger partial charge >= 0.3 is 5.97 Å². The molecule has 1 amide bonds. The number of carbonyl (C=O) groups is 2. The van der Waals surface area contributed by atoms with Gasteiger partial charge in [0.25, 0.3) is 5.69 Å². The maximum Gasteiger partial charge on any atom is 0.352 e. The van der Waals surface area contributed by atoms with Gasteiger partial charge in [0.05, 0.1) is 24.0 Å². The number of aliphatic carboxylic acids is 1. The van der Waals surface area contributed by atoms with Gasteiger partial charge in [0, 0.05) is 17.5 Å². The molecule has 1 unspecified atom stereocenters. The first-order valence-corrected chi connectivity index (χ1v) is 9.45. The van der Waals surface area contributed by atoms with E-state index in [9.17, 15) is 24.8 Å².